The van der Waals surface area contributed by atoms with Gasteiger partial charge in [-0.15, -0.1) is 0 Å². The number of hydrogen-bond acceptors (Lipinski definition) is 9. The van der Waals surface area contributed by atoms with E-state index >= 15 is 0 Å². The fourth-order valence-corrected chi connectivity index (χ4v) is 6.66. The summed E-state index contributed by atoms with van der Waals surface area (Å²) in [6, 6.07) is 16.0. The molecule has 2 aliphatic rings. The highest BCUT2D eigenvalue weighted by molar-refractivity contribution is 6.31. The first-order valence-electron chi connectivity index (χ1n) is 17.8. The highest BCUT2D eigenvalue weighted by Crippen LogP contribution is 2.53. The molecule has 6 N–H and O–H groups in total. The SMILES string of the molecule is C[C@@H](CCCCCC(=O)C[C@@H](CO)[C@@H](O)[C@H](O)[C@H](O)CO)c1ccc(Cl)c(COC2(c3c[n+](O)ccc3-c3ccccc3OC3CC3)CC2)c1. The molecule has 0 aliphatic heterocycles. The smallest absolute Gasteiger partial charge is 0.228 e. The normalized spacial score (nSPS) is 18.2. The standard InChI is InChI=1S/C39H51ClNO9/c1-25(7-3-2-4-8-29(44)20-27(22-42)37(46)38(47)35(45)23-43)26-11-14-34(40)28(19-26)24-49-39(16-17-39)33-21-41(48)18-15-31(33)32-9-5-6-10-36(32)50-30-12-13-30/h5-6,9-11,14-15,18-19,21,25,27,30,35,37-38,42-43,45-48H,2-4,7-8,12-13,16-17,20,22-24H2,1H3/q+1/t25-,27-,35+,37+,38+/m0/s1. The van der Waals surface area contributed by atoms with Crippen LogP contribution in [0, 0.1) is 5.92 Å². The number of rotatable bonds is 21. The molecular weight excluding hydrogens is 662 g/mol. The Morgan fingerprint density at radius 2 is 1.74 bits per heavy atom. The van der Waals surface area contributed by atoms with E-state index in [9.17, 15) is 30.4 Å². The van der Waals surface area contributed by atoms with Crippen LogP contribution in [0.5, 0.6) is 5.75 Å². The van der Waals surface area contributed by atoms with Gasteiger partial charge in [-0.25, -0.2) is 0 Å². The van der Waals surface area contributed by atoms with Crippen molar-refractivity contribution < 1.29 is 49.7 Å². The second-order valence-electron chi connectivity index (χ2n) is 14.0. The van der Waals surface area contributed by atoms with E-state index in [1.165, 1.54) is 0 Å². The molecule has 0 spiro atoms. The maximum absolute atomic E-state index is 12.5. The van der Waals surface area contributed by atoms with Crippen molar-refractivity contribution in [3.63, 3.8) is 0 Å². The van der Waals surface area contributed by atoms with Crippen LogP contribution in [-0.4, -0.2) is 74.2 Å². The quantitative estimate of drug-likeness (QED) is 0.0509. The molecule has 2 aliphatic carbocycles. The minimum atomic E-state index is -1.65. The molecule has 0 saturated heterocycles. The number of ether oxygens (including phenoxy) is 2. The summed E-state index contributed by atoms with van der Waals surface area (Å²) in [5.41, 5.74) is 4.36. The van der Waals surface area contributed by atoms with Crippen LogP contribution < -0.4 is 9.47 Å². The van der Waals surface area contributed by atoms with E-state index < -0.39 is 43.0 Å². The first-order chi connectivity index (χ1) is 24.0. The Hall–Kier alpha value is -3.09. The number of para-hydroxylation sites is 1. The number of carbonyl (C=O) groups is 1. The van der Waals surface area contributed by atoms with Crippen molar-refractivity contribution in [1.29, 1.82) is 0 Å². The Morgan fingerprint density at radius 3 is 2.44 bits per heavy atom. The Morgan fingerprint density at radius 1 is 0.980 bits per heavy atom. The lowest BCUT2D eigenvalue weighted by atomic mass is 9.89. The predicted molar refractivity (Wildman–Crippen MR) is 187 cm³/mol. The summed E-state index contributed by atoms with van der Waals surface area (Å²) in [4.78, 5) is 12.5. The number of benzene rings is 2. The van der Waals surface area contributed by atoms with Gasteiger partial charge < -0.3 is 35.0 Å². The molecule has 0 unspecified atom stereocenters. The highest BCUT2D eigenvalue weighted by atomic mass is 35.5. The molecule has 272 valence electrons. The highest BCUT2D eigenvalue weighted by Gasteiger charge is 2.49. The number of aromatic nitrogens is 1. The van der Waals surface area contributed by atoms with Gasteiger partial charge in [0.25, 0.3) is 0 Å². The lowest BCUT2D eigenvalue weighted by Crippen LogP contribution is -2.45. The number of pyridine rings is 1. The number of halogens is 1. The van der Waals surface area contributed by atoms with Gasteiger partial charge in [-0.2, -0.15) is 0 Å². The van der Waals surface area contributed by atoms with Crippen LogP contribution in [0.15, 0.2) is 60.9 Å². The van der Waals surface area contributed by atoms with Crippen LogP contribution in [0.1, 0.15) is 93.7 Å². The molecule has 0 amide bonds. The minimum Gasteiger partial charge on any atom is -0.490 e. The van der Waals surface area contributed by atoms with Crippen molar-refractivity contribution in [1.82, 2.24) is 0 Å². The Labute approximate surface area is 298 Å². The van der Waals surface area contributed by atoms with Crippen LogP contribution in [-0.2, 0) is 21.7 Å². The predicted octanol–water partition coefficient (Wildman–Crippen LogP) is 4.98. The second-order valence-corrected chi connectivity index (χ2v) is 14.4. The molecule has 2 fully saturated rings. The Bertz CT molecular complexity index is 1580. The van der Waals surface area contributed by atoms with Crippen molar-refractivity contribution in [2.75, 3.05) is 13.2 Å². The number of unbranched alkanes of at least 4 members (excludes halogenated alkanes) is 2. The maximum Gasteiger partial charge on any atom is 0.228 e. The summed E-state index contributed by atoms with van der Waals surface area (Å²) >= 11 is 6.66. The van der Waals surface area contributed by atoms with Gasteiger partial charge in [0.1, 0.15) is 29.3 Å². The maximum atomic E-state index is 12.5. The number of ketones is 1. The Balaban J connectivity index is 1.14. The van der Waals surface area contributed by atoms with Gasteiger partial charge in [0.05, 0.1) is 31.0 Å². The van der Waals surface area contributed by atoms with Crippen molar-refractivity contribution in [3.05, 3.63) is 82.6 Å². The zero-order valence-electron chi connectivity index (χ0n) is 28.7. The lowest BCUT2D eigenvalue weighted by molar-refractivity contribution is -0.905. The van der Waals surface area contributed by atoms with Crippen LogP contribution >= 0.6 is 11.6 Å². The molecule has 1 aromatic heterocycles. The number of carbonyl (C=O) groups excluding carboxylic acids is 1. The first-order valence-corrected chi connectivity index (χ1v) is 18.1. The van der Waals surface area contributed by atoms with Gasteiger partial charge in [-0.1, -0.05) is 61.7 Å². The van der Waals surface area contributed by atoms with Crippen molar-refractivity contribution in [2.45, 2.75) is 114 Å². The van der Waals surface area contributed by atoms with E-state index in [4.69, 9.17) is 26.2 Å². The van der Waals surface area contributed by atoms with E-state index in [0.29, 0.717) is 24.5 Å². The molecule has 50 heavy (non-hydrogen) atoms. The molecule has 2 aromatic carbocycles. The lowest BCUT2D eigenvalue weighted by Gasteiger charge is -2.27. The van der Waals surface area contributed by atoms with E-state index in [2.05, 4.69) is 13.0 Å². The summed E-state index contributed by atoms with van der Waals surface area (Å²) in [5, 5.41) is 59.3. The third-order valence-electron chi connectivity index (χ3n) is 10.0. The summed E-state index contributed by atoms with van der Waals surface area (Å²) in [5.74, 6) is 0.0364. The van der Waals surface area contributed by atoms with Crippen molar-refractivity contribution in [2.24, 2.45) is 5.92 Å². The second kappa shape index (κ2) is 17.4. The molecule has 5 atom stereocenters. The van der Waals surface area contributed by atoms with Crippen molar-refractivity contribution in [3.8, 4) is 16.9 Å². The average Bonchev–Trinajstić information content (AvgIpc) is 4.07. The van der Waals surface area contributed by atoms with Crippen LogP contribution in [0.3, 0.4) is 0 Å². The van der Waals surface area contributed by atoms with Gasteiger partial charge in [-0.05, 0) is 67.7 Å². The van der Waals surface area contributed by atoms with Gasteiger partial charge in [-0.3, -0.25) is 10.0 Å². The molecule has 0 bridgehead atoms. The molecule has 3 aromatic rings. The summed E-state index contributed by atoms with van der Waals surface area (Å²) in [6.07, 6.45) is 6.15. The Kier molecular flexibility index (Phi) is 13.3. The number of aliphatic hydroxyl groups is 5. The third-order valence-corrected chi connectivity index (χ3v) is 10.4. The van der Waals surface area contributed by atoms with E-state index in [1.807, 2.05) is 42.5 Å². The van der Waals surface area contributed by atoms with Gasteiger partial charge >= 0.3 is 0 Å². The topological polar surface area (TPSA) is 161 Å². The molecule has 2 saturated carbocycles. The molecule has 5 rings (SSSR count). The van der Waals surface area contributed by atoms with Crippen molar-refractivity contribution >= 4 is 17.4 Å². The summed E-state index contributed by atoms with van der Waals surface area (Å²) < 4.78 is 13.9. The molecule has 1 heterocycles. The number of Topliss-reactive ketones (excluding diaryl/α,β-unsaturated/α-hetero) is 1. The van der Waals surface area contributed by atoms with Gasteiger partial charge in [0.2, 0.25) is 12.4 Å². The molecule has 11 heteroatoms. The number of hydrogen-bond donors (Lipinski definition) is 6. The minimum absolute atomic E-state index is 0.117. The van der Waals surface area contributed by atoms with Gasteiger partial charge in [0.15, 0.2) is 0 Å². The zero-order valence-corrected chi connectivity index (χ0v) is 29.4. The molecule has 0 radical (unpaired) electrons. The fraction of sp³-hybridized carbons (Fsp3) is 0.538. The van der Waals surface area contributed by atoms with E-state index in [0.717, 1.165) is 83.2 Å². The number of aliphatic hydroxyl groups excluding tert-OH is 5. The molecular formula is C39H51ClNO9+. The first kappa shape index (κ1) is 38.1. The van der Waals surface area contributed by atoms with E-state index in [-0.39, 0.29) is 24.2 Å². The largest absolute Gasteiger partial charge is 0.490 e. The average molecular weight is 713 g/mol. The van der Waals surface area contributed by atoms with E-state index in [1.54, 1.807) is 12.4 Å². The van der Waals surface area contributed by atoms with Crippen LogP contribution in [0.2, 0.25) is 5.02 Å². The zero-order chi connectivity index (χ0) is 35.8. The van der Waals surface area contributed by atoms with Gasteiger partial charge in [0, 0.05) is 52.3 Å². The summed E-state index contributed by atoms with van der Waals surface area (Å²) in [6.45, 7) is 1.23. The monoisotopic (exact) mass is 712 g/mol. The fourth-order valence-electron chi connectivity index (χ4n) is 6.49. The third kappa shape index (κ3) is 9.82. The summed E-state index contributed by atoms with van der Waals surface area (Å²) in [7, 11) is 0. The molecule has 10 nitrogen and oxygen atoms in total. The van der Waals surface area contributed by atoms with Crippen LogP contribution in [0.4, 0.5) is 0 Å². The number of nitrogens with zero attached hydrogens (tertiary/aromatic N) is 1. The van der Waals surface area contributed by atoms with Crippen LogP contribution in [0.25, 0.3) is 11.1 Å².